The second-order valence-corrected chi connectivity index (χ2v) is 5.36. The van der Waals surface area contributed by atoms with Gasteiger partial charge in [0.15, 0.2) is 0 Å². The summed E-state index contributed by atoms with van der Waals surface area (Å²) < 4.78 is 0. The molecule has 4 N–H and O–H groups in total. The molecular formula is C14H22BrN3O2. The first-order valence-electron chi connectivity index (χ1n) is 6.53. The van der Waals surface area contributed by atoms with E-state index in [-0.39, 0.29) is 28.2 Å². The van der Waals surface area contributed by atoms with Crippen molar-refractivity contribution >= 4 is 27.9 Å². The molecule has 2 aromatic rings. The third-order valence-corrected chi connectivity index (χ3v) is 4.21. The molecule has 6 heteroatoms. The molecule has 112 valence electrons. The number of hydrogen-bond acceptors (Lipinski definition) is 3. The number of phenols is 1. The number of fused-ring (bicyclic) bond motifs is 1. The minimum Gasteiger partial charge on any atom is -0.506 e. The fraction of sp³-hybridized carbons (Fsp3) is 0.500. The zero-order chi connectivity index (χ0) is 12.7. The Kier molecular flexibility index (Phi) is 5.56. The summed E-state index contributed by atoms with van der Waals surface area (Å²) in [6.07, 6.45) is 2.29. The van der Waals surface area contributed by atoms with E-state index in [2.05, 4.69) is 29.1 Å². The largest absolute Gasteiger partial charge is 0.506 e. The van der Waals surface area contributed by atoms with Crippen LogP contribution in [0.5, 0.6) is 5.75 Å². The number of nitrogens with zero attached hydrogens (tertiary/aromatic N) is 2. The van der Waals surface area contributed by atoms with E-state index < -0.39 is 0 Å². The second-order valence-electron chi connectivity index (χ2n) is 5.36. The van der Waals surface area contributed by atoms with Crippen molar-refractivity contribution in [1.29, 1.82) is 0 Å². The quantitative estimate of drug-likeness (QED) is 0.832. The number of halogens is 1. The molecule has 0 spiro atoms. The SMILES string of the molecule is Br.CC1CC(c2[nH]nc3c(O)cccc23)CCN1C.O. The summed E-state index contributed by atoms with van der Waals surface area (Å²) in [7, 11) is 2.18. The monoisotopic (exact) mass is 343 g/mol. The maximum atomic E-state index is 9.79. The number of benzene rings is 1. The number of aromatic nitrogens is 2. The van der Waals surface area contributed by atoms with Gasteiger partial charge < -0.3 is 15.5 Å². The molecule has 2 heterocycles. The highest BCUT2D eigenvalue weighted by Crippen LogP contribution is 2.35. The van der Waals surface area contributed by atoms with Crippen molar-refractivity contribution in [2.75, 3.05) is 13.6 Å². The first kappa shape index (κ1) is 16.9. The van der Waals surface area contributed by atoms with E-state index in [0.717, 1.165) is 24.8 Å². The topological polar surface area (TPSA) is 83.7 Å². The van der Waals surface area contributed by atoms with Gasteiger partial charge >= 0.3 is 0 Å². The van der Waals surface area contributed by atoms with E-state index in [0.29, 0.717) is 17.5 Å². The summed E-state index contributed by atoms with van der Waals surface area (Å²) in [6, 6.07) is 6.20. The van der Waals surface area contributed by atoms with Gasteiger partial charge in [-0.25, -0.2) is 0 Å². The van der Waals surface area contributed by atoms with Gasteiger partial charge in [0.1, 0.15) is 11.3 Å². The van der Waals surface area contributed by atoms with Crippen molar-refractivity contribution in [3.8, 4) is 5.75 Å². The van der Waals surface area contributed by atoms with Crippen LogP contribution in [0.4, 0.5) is 0 Å². The minimum absolute atomic E-state index is 0. The van der Waals surface area contributed by atoms with Gasteiger partial charge in [-0.15, -0.1) is 17.0 Å². The number of phenolic OH excluding ortho intramolecular Hbond substituents is 1. The summed E-state index contributed by atoms with van der Waals surface area (Å²) in [5.41, 5.74) is 1.87. The lowest BCUT2D eigenvalue weighted by molar-refractivity contribution is 0.181. The van der Waals surface area contributed by atoms with Gasteiger partial charge in [0, 0.05) is 23.0 Å². The number of likely N-dealkylation sites (tertiary alicyclic amines) is 1. The van der Waals surface area contributed by atoms with Gasteiger partial charge in [-0.1, -0.05) is 12.1 Å². The number of aromatic hydroxyl groups is 1. The molecule has 1 aliphatic heterocycles. The van der Waals surface area contributed by atoms with Crippen LogP contribution in [0.25, 0.3) is 10.9 Å². The van der Waals surface area contributed by atoms with Crippen molar-refractivity contribution in [3.05, 3.63) is 23.9 Å². The number of nitrogens with one attached hydrogen (secondary N) is 1. The van der Waals surface area contributed by atoms with E-state index in [1.165, 1.54) is 5.69 Å². The number of para-hydroxylation sites is 1. The van der Waals surface area contributed by atoms with Crippen LogP contribution in [0.3, 0.4) is 0 Å². The number of H-pyrrole nitrogens is 1. The van der Waals surface area contributed by atoms with Crippen LogP contribution < -0.4 is 0 Å². The Morgan fingerprint density at radius 1 is 1.40 bits per heavy atom. The Hall–Kier alpha value is -1.11. The second kappa shape index (κ2) is 6.56. The zero-order valence-corrected chi connectivity index (χ0v) is 13.5. The molecule has 0 amide bonds. The van der Waals surface area contributed by atoms with Crippen molar-refractivity contribution in [2.45, 2.75) is 31.7 Å². The zero-order valence-electron chi connectivity index (χ0n) is 11.8. The van der Waals surface area contributed by atoms with Crippen LogP contribution in [0.15, 0.2) is 18.2 Å². The average molecular weight is 344 g/mol. The molecule has 3 rings (SSSR count). The third kappa shape index (κ3) is 2.82. The fourth-order valence-electron chi connectivity index (χ4n) is 2.91. The maximum absolute atomic E-state index is 9.79. The molecule has 1 fully saturated rings. The fourth-order valence-corrected chi connectivity index (χ4v) is 2.91. The highest BCUT2D eigenvalue weighted by molar-refractivity contribution is 8.93. The van der Waals surface area contributed by atoms with Crippen LogP contribution >= 0.6 is 17.0 Å². The summed E-state index contributed by atoms with van der Waals surface area (Å²) in [4.78, 5) is 2.40. The summed E-state index contributed by atoms with van der Waals surface area (Å²) in [6.45, 7) is 3.38. The Morgan fingerprint density at radius 2 is 2.15 bits per heavy atom. The Morgan fingerprint density at radius 3 is 2.85 bits per heavy atom. The van der Waals surface area contributed by atoms with Gasteiger partial charge in [0.2, 0.25) is 0 Å². The number of piperidine rings is 1. The number of rotatable bonds is 1. The van der Waals surface area contributed by atoms with Gasteiger partial charge in [-0.3, -0.25) is 5.10 Å². The van der Waals surface area contributed by atoms with Crippen LogP contribution in [0, 0.1) is 0 Å². The molecular weight excluding hydrogens is 322 g/mol. The molecule has 20 heavy (non-hydrogen) atoms. The van der Waals surface area contributed by atoms with Crippen LogP contribution in [-0.2, 0) is 0 Å². The van der Waals surface area contributed by atoms with E-state index in [4.69, 9.17) is 0 Å². The molecule has 1 aliphatic rings. The number of hydrogen-bond donors (Lipinski definition) is 2. The Labute approximate surface area is 129 Å². The van der Waals surface area contributed by atoms with E-state index in [1.54, 1.807) is 6.07 Å². The van der Waals surface area contributed by atoms with Gasteiger partial charge in [-0.05, 0) is 39.4 Å². The predicted octanol–water partition coefficient (Wildman–Crippen LogP) is 2.22. The normalized spacial score (nSPS) is 23.1. The average Bonchev–Trinajstić information content (AvgIpc) is 2.78. The molecule has 1 aromatic heterocycles. The lowest BCUT2D eigenvalue weighted by Crippen LogP contribution is -2.37. The highest BCUT2D eigenvalue weighted by Gasteiger charge is 2.26. The molecule has 0 radical (unpaired) electrons. The summed E-state index contributed by atoms with van der Waals surface area (Å²) in [5.74, 6) is 0.777. The number of aromatic amines is 1. The third-order valence-electron chi connectivity index (χ3n) is 4.21. The highest BCUT2D eigenvalue weighted by atomic mass is 79.9. The molecule has 5 nitrogen and oxygen atoms in total. The first-order chi connectivity index (χ1) is 8.66. The van der Waals surface area contributed by atoms with Crippen LogP contribution in [0.1, 0.15) is 31.4 Å². The van der Waals surface area contributed by atoms with E-state index in [1.807, 2.05) is 12.1 Å². The van der Waals surface area contributed by atoms with Crippen molar-refractivity contribution in [3.63, 3.8) is 0 Å². The molecule has 1 aromatic carbocycles. The molecule has 0 bridgehead atoms. The van der Waals surface area contributed by atoms with Crippen LogP contribution in [0.2, 0.25) is 0 Å². The minimum atomic E-state index is 0. The molecule has 2 unspecified atom stereocenters. The molecule has 2 atom stereocenters. The predicted molar refractivity (Wildman–Crippen MR) is 85.8 cm³/mol. The molecule has 1 saturated heterocycles. The van der Waals surface area contributed by atoms with Crippen molar-refractivity contribution in [2.24, 2.45) is 0 Å². The Balaban J connectivity index is 0.000001000. The van der Waals surface area contributed by atoms with Gasteiger partial charge in [0.05, 0.1) is 0 Å². The lowest BCUT2D eigenvalue weighted by atomic mass is 9.88. The van der Waals surface area contributed by atoms with Crippen LogP contribution in [-0.4, -0.2) is 45.3 Å². The van der Waals surface area contributed by atoms with Crippen molar-refractivity contribution in [1.82, 2.24) is 15.1 Å². The summed E-state index contributed by atoms with van der Waals surface area (Å²) >= 11 is 0. The summed E-state index contributed by atoms with van der Waals surface area (Å²) in [5, 5.41) is 18.2. The lowest BCUT2D eigenvalue weighted by Gasteiger charge is -2.34. The van der Waals surface area contributed by atoms with E-state index in [9.17, 15) is 5.11 Å². The van der Waals surface area contributed by atoms with Crippen molar-refractivity contribution < 1.29 is 10.6 Å². The molecule has 0 saturated carbocycles. The van der Waals surface area contributed by atoms with Gasteiger partial charge in [-0.2, -0.15) is 5.10 Å². The smallest absolute Gasteiger partial charge is 0.143 e. The maximum Gasteiger partial charge on any atom is 0.143 e. The standard InChI is InChI=1S/C14H19N3O.BrH.H2O/c1-9-8-10(6-7-17(9)2)13-11-4-3-5-12(18)14(11)16-15-13;;/h3-5,9-10,18H,6-8H2,1-2H3,(H,15,16);1H;1H2. The first-order valence-corrected chi connectivity index (χ1v) is 6.53. The molecule has 0 aliphatic carbocycles. The van der Waals surface area contributed by atoms with Gasteiger partial charge in [0.25, 0.3) is 0 Å². The van der Waals surface area contributed by atoms with E-state index >= 15 is 0 Å². The Bertz CT molecular complexity index is 573.